The third-order valence-corrected chi connectivity index (χ3v) is 4.13. The largest absolute Gasteiger partial charge is 0.366 e. The number of hydrogen-bond donors (Lipinski definition) is 3. The first kappa shape index (κ1) is 13.8. The summed E-state index contributed by atoms with van der Waals surface area (Å²) < 4.78 is 0. The third kappa shape index (κ3) is 2.83. The molecule has 0 saturated heterocycles. The van der Waals surface area contributed by atoms with Crippen LogP contribution in [0.2, 0.25) is 0 Å². The van der Waals surface area contributed by atoms with Gasteiger partial charge in [-0.05, 0) is 25.0 Å². The van der Waals surface area contributed by atoms with Crippen molar-refractivity contribution in [3.63, 3.8) is 0 Å². The number of pyridine rings is 1. The van der Waals surface area contributed by atoms with Crippen molar-refractivity contribution in [3.8, 4) is 0 Å². The fraction of sp³-hybridized carbons (Fsp3) is 0.375. The molecule has 5 N–H and O–H groups in total. The minimum atomic E-state index is -0.440. The summed E-state index contributed by atoms with van der Waals surface area (Å²) in [5, 5.41) is 4.16. The number of nitrogens with two attached hydrogens (primary N) is 2. The quantitative estimate of drug-likeness (QED) is 0.803. The number of amides is 1. The van der Waals surface area contributed by atoms with Gasteiger partial charge in [-0.3, -0.25) is 4.79 Å². The number of nitrogens with one attached hydrogen (secondary N) is 1. The summed E-state index contributed by atoms with van der Waals surface area (Å²) in [5.41, 5.74) is 12.9. The van der Waals surface area contributed by atoms with Crippen LogP contribution in [0.5, 0.6) is 0 Å². The van der Waals surface area contributed by atoms with Crippen LogP contribution in [0.4, 0.5) is 5.82 Å². The number of benzene rings is 1. The van der Waals surface area contributed by atoms with E-state index in [-0.39, 0.29) is 12.1 Å². The molecule has 1 aliphatic rings. The maximum absolute atomic E-state index is 11.7. The van der Waals surface area contributed by atoms with Crippen LogP contribution in [-0.2, 0) is 0 Å². The summed E-state index contributed by atoms with van der Waals surface area (Å²) in [5.74, 6) is 0.231. The molecule has 21 heavy (non-hydrogen) atoms. The number of fused-ring (bicyclic) bond motifs is 1. The van der Waals surface area contributed by atoms with Crippen LogP contribution in [0.3, 0.4) is 0 Å². The van der Waals surface area contributed by atoms with Gasteiger partial charge in [0.05, 0.1) is 11.1 Å². The van der Waals surface area contributed by atoms with Crippen LogP contribution in [0, 0.1) is 0 Å². The fourth-order valence-corrected chi connectivity index (χ4v) is 2.98. The maximum Gasteiger partial charge on any atom is 0.249 e. The zero-order valence-corrected chi connectivity index (χ0v) is 11.9. The normalized spacial score (nSPS) is 22.1. The van der Waals surface area contributed by atoms with Gasteiger partial charge in [0.15, 0.2) is 0 Å². The zero-order valence-electron chi connectivity index (χ0n) is 11.9. The second-order valence-electron chi connectivity index (χ2n) is 5.64. The Labute approximate surface area is 123 Å². The van der Waals surface area contributed by atoms with Crippen molar-refractivity contribution in [1.82, 2.24) is 4.98 Å². The second kappa shape index (κ2) is 5.69. The number of nitrogens with zero attached hydrogens (tertiary/aromatic N) is 1. The molecule has 1 aliphatic carbocycles. The minimum absolute atomic E-state index is 0.129. The van der Waals surface area contributed by atoms with Crippen LogP contribution in [0.15, 0.2) is 30.3 Å². The molecule has 5 nitrogen and oxygen atoms in total. The van der Waals surface area contributed by atoms with Crippen LogP contribution in [-0.4, -0.2) is 23.0 Å². The lowest BCUT2D eigenvalue weighted by Crippen LogP contribution is -2.42. The molecule has 1 fully saturated rings. The molecule has 2 unspecified atom stereocenters. The molecule has 1 amide bonds. The number of aromatic nitrogens is 1. The van der Waals surface area contributed by atoms with Gasteiger partial charge in [0, 0.05) is 17.5 Å². The molecule has 5 heteroatoms. The van der Waals surface area contributed by atoms with Crippen molar-refractivity contribution >= 4 is 22.6 Å². The minimum Gasteiger partial charge on any atom is -0.366 e. The highest BCUT2D eigenvalue weighted by Gasteiger charge is 2.22. The van der Waals surface area contributed by atoms with Gasteiger partial charge in [-0.2, -0.15) is 0 Å². The highest BCUT2D eigenvalue weighted by molar-refractivity contribution is 6.06. The number of rotatable bonds is 3. The number of anilines is 1. The zero-order chi connectivity index (χ0) is 14.8. The van der Waals surface area contributed by atoms with Gasteiger partial charge in [0.25, 0.3) is 0 Å². The van der Waals surface area contributed by atoms with Gasteiger partial charge in [-0.15, -0.1) is 0 Å². The SMILES string of the molecule is NC(=O)c1cc(NC2CCCCC2N)nc2ccccc12. The summed E-state index contributed by atoms with van der Waals surface area (Å²) in [4.78, 5) is 16.2. The Morgan fingerprint density at radius 2 is 2.00 bits per heavy atom. The van der Waals surface area contributed by atoms with Crippen molar-refractivity contribution in [3.05, 3.63) is 35.9 Å². The Balaban J connectivity index is 1.97. The maximum atomic E-state index is 11.7. The molecule has 110 valence electrons. The van der Waals surface area contributed by atoms with Gasteiger partial charge in [0.1, 0.15) is 5.82 Å². The number of primary amides is 1. The Morgan fingerprint density at radius 3 is 2.76 bits per heavy atom. The number of carbonyl (C=O) groups is 1. The van der Waals surface area contributed by atoms with Gasteiger partial charge in [-0.1, -0.05) is 31.0 Å². The van der Waals surface area contributed by atoms with Crippen molar-refractivity contribution in [2.45, 2.75) is 37.8 Å². The summed E-state index contributed by atoms with van der Waals surface area (Å²) in [6, 6.07) is 9.58. The van der Waals surface area contributed by atoms with E-state index in [9.17, 15) is 4.79 Å². The lowest BCUT2D eigenvalue weighted by atomic mass is 9.91. The van der Waals surface area contributed by atoms with E-state index in [0.717, 1.165) is 23.7 Å². The lowest BCUT2D eigenvalue weighted by molar-refractivity contribution is 0.100. The topological polar surface area (TPSA) is 94.0 Å². The van der Waals surface area contributed by atoms with Gasteiger partial charge < -0.3 is 16.8 Å². The van der Waals surface area contributed by atoms with Crippen LogP contribution in [0.1, 0.15) is 36.0 Å². The smallest absolute Gasteiger partial charge is 0.249 e. The first-order chi connectivity index (χ1) is 10.1. The van der Waals surface area contributed by atoms with Gasteiger partial charge in [-0.25, -0.2) is 4.98 Å². The third-order valence-electron chi connectivity index (χ3n) is 4.13. The molecule has 2 aromatic rings. The molecule has 0 aliphatic heterocycles. The molecule has 3 rings (SSSR count). The number of carbonyl (C=O) groups excluding carboxylic acids is 1. The Morgan fingerprint density at radius 1 is 1.24 bits per heavy atom. The van der Waals surface area contributed by atoms with E-state index in [1.807, 2.05) is 24.3 Å². The summed E-state index contributed by atoms with van der Waals surface area (Å²) in [6.07, 6.45) is 4.40. The monoisotopic (exact) mass is 284 g/mol. The van der Waals surface area contributed by atoms with E-state index in [4.69, 9.17) is 11.5 Å². The van der Waals surface area contributed by atoms with Crippen LogP contribution in [0.25, 0.3) is 10.9 Å². The van der Waals surface area contributed by atoms with Crippen molar-refractivity contribution in [2.24, 2.45) is 11.5 Å². The van der Waals surface area contributed by atoms with Crippen molar-refractivity contribution in [2.75, 3.05) is 5.32 Å². The molecule has 1 aromatic carbocycles. The molecule has 0 radical (unpaired) electrons. The van der Waals surface area contributed by atoms with E-state index in [0.29, 0.717) is 11.4 Å². The molecule has 0 spiro atoms. The molecule has 2 atom stereocenters. The average molecular weight is 284 g/mol. The number of para-hydroxylation sites is 1. The molecule has 1 aromatic heterocycles. The standard InChI is InChI=1S/C16H20N4O/c17-12-6-2-4-8-14(12)20-15-9-11(16(18)21)10-5-1-3-7-13(10)19-15/h1,3,5,7,9,12,14H,2,4,6,8,17H2,(H2,18,21)(H,19,20). The first-order valence-electron chi connectivity index (χ1n) is 7.37. The second-order valence-corrected chi connectivity index (χ2v) is 5.64. The lowest BCUT2D eigenvalue weighted by Gasteiger charge is -2.29. The molecular formula is C16H20N4O. The van der Waals surface area contributed by atoms with Crippen LogP contribution >= 0.6 is 0 Å². The molecule has 1 heterocycles. The summed E-state index contributed by atoms with van der Waals surface area (Å²) in [6.45, 7) is 0. The molecule has 1 saturated carbocycles. The van der Waals surface area contributed by atoms with E-state index in [1.165, 1.54) is 12.8 Å². The summed E-state index contributed by atoms with van der Waals surface area (Å²) in [7, 11) is 0. The predicted molar refractivity (Wildman–Crippen MR) is 84.1 cm³/mol. The summed E-state index contributed by atoms with van der Waals surface area (Å²) >= 11 is 0. The van der Waals surface area contributed by atoms with E-state index in [2.05, 4.69) is 10.3 Å². The highest BCUT2D eigenvalue weighted by Crippen LogP contribution is 2.24. The van der Waals surface area contributed by atoms with Crippen molar-refractivity contribution in [1.29, 1.82) is 0 Å². The Hall–Kier alpha value is -2.14. The highest BCUT2D eigenvalue weighted by atomic mass is 16.1. The number of hydrogen-bond acceptors (Lipinski definition) is 4. The average Bonchev–Trinajstić information content (AvgIpc) is 2.48. The fourth-order valence-electron chi connectivity index (χ4n) is 2.98. The van der Waals surface area contributed by atoms with Gasteiger partial charge in [0.2, 0.25) is 5.91 Å². The Kier molecular flexibility index (Phi) is 3.75. The first-order valence-corrected chi connectivity index (χ1v) is 7.37. The van der Waals surface area contributed by atoms with E-state index >= 15 is 0 Å². The predicted octanol–water partition coefficient (Wildman–Crippen LogP) is 2.02. The van der Waals surface area contributed by atoms with E-state index < -0.39 is 5.91 Å². The Bertz CT molecular complexity index is 670. The van der Waals surface area contributed by atoms with Crippen LogP contribution < -0.4 is 16.8 Å². The molecule has 0 bridgehead atoms. The molecular weight excluding hydrogens is 264 g/mol. The van der Waals surface area contributed by atoms with Gasteiger partial charge >= 0.3 is 0 Å². The van der Waals surface area contributed by atoms with Crippen molar-refractivity contribution < 1.29 is 4.79 Å². The van der Waals surface area contributed by atoms with E-state index in [1.54, 1.807) is 6.07 Å².